The van der Waals surface area contributed by atoms with E-state index in [1.807, 2.05) is 44.8 Å². The minimum Gasteiger partial charge on any atom is -0.313 e. The Morgan fingerprint density at radius 1 is 1.35 bits per heavy atom. The largest absolute Gasteiger partial charge is 0.313 e. The van der Waals surface area contributed by atoms with Crippen molar-refractivity contribution in [2.45, 2.75) is 30.8 Å². The lowest BCUT2D eigenvalue weighted by atomic mass is 10.1. The number of hydrogen-bond donors (Lipinski definition) is 1. The van der Waals surface area contributed by atoms with Crippen molar-refractivity contribution < 1.29 is 8.42 Å². The second-order valence-corrected chi connectivity index (χ2v) is 8.16. The van der Waals surface area contributed by atoms with Gasteiger partial charge in [0.05, 0.1) is 4.90 Å². The highest BCUT2D eigenvalue weighted by molar-refractivity contribution is 7.99. The van der Waals surface area contributed by atoms with E-state index in [2.05, 4.69) is 5.32 Å². The molecule has 0 saturated carbocycles. The van der Waals surface area contributed by atoms with Gasteiger partial charge in [0.2, 0.25) is 10.0 Å². The van der Waals surface area contributed by atoms with E-state index >= 15 is 0 Å². The number of hydrogen-bond acceptors (Lipinski definition) is 4. The van der Waals surface area contributed by atoms with Gasteiger partial charge in [-0.25, -0.2) is 8.42 Å². The quantitative estimate of drug-likeness (QED) is 0.924. The smallest absolute Gasteiger partial charge is 0.243 e. The third-order valence-electron chi connectivity index (χ3n) is 3.73. The molecule has 2 unspecified atom stereocenters. The van der Waals surface area contributed by atoms with Crippen LogP contribution in [0.5, 0.6) is 0 Å². The molecule has 1 aromatic rings. The standard InChI is InChI=1S/C14H22N2O2S2/c1-11-10-19-9-8-16(11)20(17,18)14-6-4-13(5-7-14)12(2)15-3/h4-7,11-12,15H,8-10H2,1-3H3. The van der Waals surface area contributed by atoms with E-state index in [1.54, 1.807) is 16.4 Å². The molecule has 1 fully saturated rings. The number of rotatable bonds is 4. The van der Waals surface area contributed by atoms with Crippen molar-refractivity contribution in [3.63, 3.8) is 0 Å². The fourth-order valence-corrected chi connectivity index (χ4v) is 5.15. The Labute approximate surface area is 126 Å². The summed E-state index contributed by atoms with van der Waals surface area (Å²) >= 11 is 1.81. The van der Waals surface area contributed by atoms with Crippen molar-refractivity contribution in [2.24, 2.45) is 0 Å². The number of sulfonamides is 1. The highest BCUT2D eigenvalue weighted by atomic mass is 32.2. The molecule has 0 amide bonds. The van der Waals surface area contributed by atoms with Gasteiger partial charge in [0, 0.05) is 30.1 Å². The summed E-state index contributed by atoms with van der Waals surface area (Å²) in [6.07, 6.45) is 0. The Bertz CT molecular complexity index is 543. The molecule has 0 aromatic heterocycles. The first-order valence-corrected chi connectivity index (χ1v) is 9.43. The lowest BCUT2D eigenvalue weighted by Crippen LogP contribution is -2.44. The van der Waals surface area contributed by atoms with Gasteiger partial charge in [0.25, 0.3) is 0 Å². The third-order valence-corrected chi connectivity index (χ3v) is 6.94. The lowest BCUT2D eigenvalue weighted by Gasteiger charge is -2.32. The van der Waals surface area contributed by atoms with Crippen LogP contribution >= 0.6 is 11.8 Å². The summed E-state index contributed by atoms with van der Waals surface area (Å²) in [6.45, 7) is 4.62. The summed E-state index contributed by atoms with van der Waals surface area (Å²) in [5.74, 6) is 1.74. The van der Waals surface area contributed by atoms with Gasteiger partial charge >= 0.3 is 0 Å². The monoisotopic (exact) mass is 314 g/mol. The summed E-state index contributed by atoms with van der Waals surface area (Å²) in [7, 11) is -1.47. The van der Waals surface area contributed by atoms with E-state index in [4.69, 9.17) is 0 Å². The maximum absolute atomic E-state index is 12.6. The first-order valence-electron chi connectivity index (χ1n) is 6.83. The summed E-state index contributed by atoms with van der Waals surface area (Å²) in [5, 5.41) is 3.15. The van der Waals surface area contributed by atoms with Crippen LogP contribution in [0.3, 0.4) is 0 Å². The van der Waals surface area contributed by atoms with Gasteiger partial charge in [-0.2, -0.15) is 16.1 Å². The van der Waals surface area contributed by atoms with Crippen molar-refractivity contribution in [3.8, 4) is 0 Å². The average molecular weight is 314 g/mol. The van der Waals surface area contributed by atoms with Crippen LogP contribution in [-0.4, -0.2) is 43.9 Å². The van der Waals surface area contributed by atoms with E-state index in [0.717, 1.165) is 17.1 Å². The zero-order chi connectivity index (χ0) is 14.8. The molecule has 2 rings (SSSR count). The number of benzene rings is 1. The van der Waals surface area contributed by atoms with Crippen LogP contribution in [0.25, 0.3) is 0 Å². The summed E-state index contributed by atoms with van der Waals surface area (Å²) < 4.78 is 26.9. The molecule has 112 valence electrons. The Morgan fingerprint density at radius 2 is 2.00 bits per heavy atom. The Hall–Kier alpha value is -0.560. The van der Waals surface area contributed by atoms with Crippen LogP contribution < -0.4 is 5.32 Å². The molecule has 4 nitrogen and oxygen atoms in total. The van der Waals surface area contributed by atoms with Crippen molar-refractivity contribution >= 4 is 21.8 Å². The lowest BCUT2D eigenvalue weighted by molar-refractivity contribution is 0.367. The fraction of sp³-hybridized carbons (Fsp3) is 0.571. The van der Waals surface area contributed by atoms with E-state index in [1.165, 1.54) is 0 Å². The van der Waals surface area contributed by atoms with Crippen LogP contribution in [0.4, 0.5) is 0 Å². The topological polar surface area (TPSA) is 49.4 Å². The maximum atomic E-state index is 12.6. The molecule has 0 spiro atoms. The van der Waals surface area contributed by atoms with Gasteiger partial charge in [-0.1, -0.05) is 12.1 Å². The molecule has 1 N–H and O–H groups in total. The molecule has 0 aliphatic carbocycles. The Balaban J connectivity index is 2.25. The Kier molecular flexibility index (Phi) is 5.12. The molecule has 1 aliphatic rings. The van der Waals surface area contributed by atoms with Crippen molar-refractivity contribution in [1.29, 1.82) is 0 Å². The van der Waals surface area contributed by atoms with Gasteiger partial charge in [0.15, 0.2) is 0 Å². The maximum Gasteiger partial charge on any atom is 0.243 e. The summed E-state index contributed by atoms with van der Waals surface area (Å²) in [6, 6.07) is 7.49. The molecule has 20 heavy (non-hydrogen) atoms. The van der Waals surface area contributed by atoms with Crippen LogP contribution in [0.1, 0.15) is 25.5 Å². The van der Waals surface area contributed by atoms with Crippen LogP contribution in [-0.2, 0) is 10.0 Å². The van der Waals surface area contributed by atoms with E-state index in [9.17, 15) is 8.42 Å². The zero-order valence-corrected chi connectivity index (χ0v) is 13.8. The molecule has 2 atom stereocenters. The van der Waals surface area contributed by atoms with Gasteiger partial charge in [0.1, 0.15) is 0 Å². The van der Waals surface area contributed by atoms with Crippen molar-refractivity contribution in [3.05, 3.63) is 29.8 Å². The van der Waals surface area contributed by atoms with Gasteiger partial charge in [-0.3, -0.25) is 0 Å². The molecule has 1 heterocycles. The molecule has 1 aromatic carbocycles. The van der Waals surface area contributed by atoms with Gasteiger partial charge in [-0.15, -0.1) is 0 Å². The second kappa shape index (κ2) is 6.47. The zero-order valence-electron chi connectivity index (χ0n) is 12.2. The van der Waals surface area contributed by atoms with Crippen molar-refractivity contribution in [1.82, 2.24) is 9.62 Å². The van der Waals surface area contributed by atoms with Crippen molar-refractivity contribution in [2.75, 3.05) is 25.1 Å². The van der Waals surface area contributed by atoms with E-state index in [0.29, 0.717) is 11.4 Å². The Morgan fingerprint density at radius 3 is 2.55 bits per heavy atom. The molecule has 1 saturated heterocycles. The first kappa shape index (κ1) is 15.8. The second-order valence-electron chi connectivity index (χ2n) is 5.12. The van der Waals surface area contributed by atoms with Crippen LogP contribution in [0.15, 0.2) is 29.2 Å². The number of nitrogens with zero attached hydrogens (tertiary/aromatic N) is 1. The average Bonchev–Trinajstić information content (AvgIpc) is 2.47. The minimum atomic E-state index is -3.36. The molecule has 6 heteroatoms. The molecular formula is C14H22N2O2S2. The molecule has 1 aliphatic heterocycles. The minimum absolute atomic E-state index is 0.0645. The summed E-state index contributed by atoms with van der Waals surface area (Å²) in [5.41, 5.74) is 1.09. The molecular weight excluding hydrogens is 292 g/mol. The number of nitrogens with one attached hydrogen (secondary N) is 1. The predicted octanol–water partition coefficient (Wildman–Crippen LogP) is 2.09. The first-order chi connectivity index (χ1) is 9.46. The van der Waals surface area contributed by atoms with Crippen LogP contribution in [0, 0.1) is 0 Å². The normalized spacial score (nSPS) is 22.6. The predicted molar refractivity (Wildman–Crippen MR) is 84.6 cm³/mol. The van der Waals surface area contributed by atoms with E-state index < -0.39 is 10.0 Å². The number of thioether (sulfide) groups is 1. The third kappa shape index (κ3) is 3.19. The van der Waals surface area contributed by atoms with Gasteiger partial charge < -0.3 is 5.32 Å². The van der Waals surface area contributed by atoms with Gasteiger partial charge in [-0.05, 0) is 38.6 Å². The molecule has 0 bridgehead atoms. The highest BCUT2D eigenvalue weighted by Crippen LogP contribution is 2.25. The fourth-order valence-electron chi connectivity index (χ4n) is 2.30. The summed E-state index contributed by atoms with van der Waals surface area (Å²) in [4.78, 5) is 0.392. The SMILES string of the molecule is CNC(C)c1ccc(S(=O)(=O)N2CCSCC2C)cc1. The molecule has 0 radical (unpaired) electrons. The van der Waals surface area contributed by atoms with Crippen LogP contribution in [0.2, 0.25) is 0 Å². The van der Waals surface area contributed by atoms with E-state index in [-0.39, 0.29) is 12.1 Å². The highest BCUT2D eigenvalue weighted by Gasteiger charge is 2.31.